The third-order valence-corrected chi connectivity index (χ3v) is 3.82. The van der Waals surface area contributed by atoms with Gasteiger partial charge in [0, 0.05) is 25.0 Å². The van der Waals surface area contributed by atoms with Crippen molar-refractivity contribution in [3.8, 4) is 0 Å². The molecule has 0 radical (unpaired) electrons. The minimum atomic E-state index is -0.161. The first-order valence-electron chi connectivity index (χ1n) is 5.84. The van der Waals surface area contributed by atoms with Gasteiger partial charge in [0.15, 0.2) is 0 Å². The Morgan fingerprint density at radius 2 is 2.35 bits per heavy atom. The van der Waals surface area contributed by atoms with E-state index in [-0.39, 0.29) is 11.9 Å². The zero-order chi connectivity index (χ0) is 12.3. The van der Waals surface area contributed by atoms with Gasteiger partial charge in [-0.15, -0.1) is 0 Å². The van der Waals surface area contributed by atoms with Gasteiger partial charge in [-0.2, -0.15) is 0 Å². The summed E-state index contributed by atoms with van der Waals surface area (Å²) in [6.45, 7) is 5.48. The zero-order valence-electron chi connectivity index (χ0n) is 9.96. The Bertz CT molecular complexity index is 386. The summed E-state index contributed by atoms with van der Waals surface area (Å²) in [6, 6.07) is 5.01. The predicted molar refractivity (Wildman–Crippen MR) is 69.9 cm³/mol. The first kappa shape index (κ1) is 13.0. The first-order valence-corrected chi connectivity index (χ1v) is 6.96. The molecular weight excluding hydrogens is 285 g/mol. The van der Waals surface area contributed by atoms with Gasteiger partial charge in [-0.05, 0) is 30.2 Å². The SMILES string of the molecule is Cc1cc(F)ccc1CN1CCOC(CBr)C1. The lowest BCUT2D eigenvalue weighted by atomic mass is 10.1. The molecule has 17 heavy (non-hydrogen) atoms. The number of hydrogen-bond acceptors (Lipinski definition) is 2. The van der Waals surface area contributed by atoms with E-state index < -0.39 is 0 Å². The fourth-order valence-corrected chi connectivity index (χ4v) is 2.49. The molecule has 0 N–H and O–H groups in total. The van der Waals surface area contributed by atoms with Crippen molar-refractivity contribution in [1.82, 2.24) is 4.90 Å². The highest BCUT2D eigenvalue weighted by molar-refractivity contribution is 9.09. The molecule has 1 heterocycles. The van der Waals surface area contributed by atoms with E-state index in [0.29, 0.717) is 0 Å². The van der Waals surface area contributed by atoms with E-state index >= 15 is 0 Å². The Hall–Kier alpha value is -0.450. The van der Waals surface area contributed by atoms with Crippen molar-refractivity contribution in [2.24, 2.45) is 0 Å². The second-order valence-electron chi connectivity index (χ2n) is 4.45. The number of halogens is 2. The van der Waals surface area contributed by atoms with Gasteiger partial charge in [0.25, 0.3) is 0 Å². The quantitative estimate of drug-likeness (QED) is 0.796. The normalized spacial score (nSPS) is 21.7. The average molecular weight is 302 g/mol. The van der Waals surface area contributed by atoms with Gasteiger partial charge < -0.3 is 4.74 Å². The summed E-state index contributed by atoms with van der Waals surface area (Å²) in [5.74, 6) is -0.161. The fraction of sp³-hybridized carbons (Fsp3) is 0.538. The molecule has 0 bridgehead atoms. The summed E-state index contributed by atoms with van der Waals surface area (Å²) in [4.78, 5) is 2.36. The summed E-state index contributed by atoms with van der Waals surface area (Å²) in [6.07, 6.45) is 0.268. The standard InChI is InChI=1S/C13H17BrFNO/c1-10-6-12(15)3-2-11(10)8-16-4-5-17-13(7-14)9-16/h2-3,6,13H,4-5,7-9H2,1H3. The molecule has 1 aromatic carbocycles. The van der Waals surface area contributed by atoms with Gasteiger partial charge in [0.2, 0.25) is 0 Å². The molecule has 0 amide bonds. The Labute approximate surface area is 110 Å². The largest absolute Gasteiger partial charge is 0.375 e. The number of alkyl halides is 1. The van der Waals surface area contributed by atoms with Crippen LogP contribution in [0.2, 0.25) is 0 Å². The minimum Gasteiger partial charge on any atom is -0.375 e. The van der Waals surface area contributed by atoms with Gasteiger partial charge in [0.05, 0.1) is 12.7 Å². The van der Waals surface area contributed by atoms with E-state index in [1.54, 1.807) is 6.07 Å². The smallest absolute Gasteiger partial charge is 0.123 e. The maximum absolute atomic E-state index is 13.0. The van der Waals surface area contributed by atoms with Crippen molar-refractivity contribution >= 4 is 15.9 Å². The van der Waals surface area contributed by atoms with Crippen LogP contribution in [0.15, 0.2) is 18.2 Å². The molecular formula is C13H17BrFNO. The number of rotatable bonds is 3. The van der Waals surface area contributed by atoms with E-state index in [0.717, 1.165) is 37.1 Å². The number of benzene rings is 1. The molecule has 1 aliphatic rings. The molecule has 0 aliphatic carbocycles. The molecule has 2 nitrogen and oxygen atoms in total. The summed E-state index contributed by atoms with van der Waals surface area (Å²) < 4.78 is 18.6. The van der Waals surface area contributed by atoms with Crippen molar-refractivity contribution in [2.75, 3.05) is 25.0 Å². The van der Waals surface area contributed by atoms with Gasteiger partial charge in [-0.3, -0.25) is 4.90 Å². The maximum Gasteiger partial charge on any atom is 0.123 e. The van der Waals surface area contributed by atoms with Gasteiger partial charge in [0.1, 0.15) is 5.82 Å². The van der Waals surface area contributed by atoms with Crippen LogP contribution in [0, 0.1) is 12.7 Å². The van der Waals surface area contributed by atoms with E-state index in [1.165, 1.54) is 11.6 Å². The van der Waals surface area contributed by atoms with Gasteiger partial charge in [-0.25, -0.2) is 4.39 Å². The predicted octanol–water partition coefficient (Wildman–Crippen LogP) is 2.73. The highest BCUT2D eigenvalue weighted by Gasteiger charge is 2.19. The molecule has 0 saturated carbocycles. The first-order chi connectivity index (χ1) is 8.19. The van der Waals surface area contributed by atoms with E-state index in [1.807, 2.05) is 13.0 Å². The van der Waals surface area contributed by atoms with E-state index in [9.17, 15) is 4.39 Å². The topological polar surface area (TPSA) is 12.5 Å². The third kappa shape index (κ3) is 3.50. The number of hydrogen-bond donors (Lipinski definition) is 0. The van der Waals surface area contributed by atoms with E-state index in [2.05, 4.69) is 20.8 Å². The molecule has 2 rings (SSSR count). The van der Waals surface area contributed by atoms with Crippen LogP contribution in [0.25, 0.3) is 0 Å². The summed E-state index contributed by atoms with van der Waals surface area (Å²) in [7, 11) is 0. The lowest BCUT2D eigenvalue weighted by Crippen LogP contribution is -2.42. The lowest BCUT2D eigenvalue weighted by molar-refractivity contribution is -0.0182. The molecule has 4 heteroatoms. The second-order valence-corrected chi connectivity index (χ2v) is 5.10. The lowest BCUT2D eigenvalue weighted by Gasteiger charge is -2.32. The molecule has 1 aliphatic heterocycles. The molecule has 1 saturated heterocycles. The van der Waals surface area contributed by atoms with Crippen LogP contribution in [-0.4, -0.2) is 36.0 Å². The molecule has 1 fully saturated rings. The van der Waals surface area contributed by atoms with Crippen LogP contribution in [0.1, 0.15) is 11.1 Å². The zero-order valence-corrected chi connectivity index (χ0v) is 11.5. The minimum absolute atomic E-state index is 0.161. The summed E-state index contributed by atoms with van der Waals surface area (Å²) in [5, 5.41) is 0.867. The van der Waals surface area contributed by atoms with Crippen molar-refractivity contribution in [2.45, 2.75) is 19.6 Å². The molecule has 94 valence electrons. The average Bonchev–Trinajstić information content (AvgIpc) is 2.33. The fourth-order valence-electron chi connectivity index (χ4n) is 2.09. The maximum atomic E-state index is 13.0. The summed E-state index contributed by atoms with van der Waals surface area (Å²) >= 11 is 3.45. The Morgan fingerprint density at radius 1 is 1.53 bits per heavy atom. The number of morpholine rings is 1. The highest BCUT2D eigenvalue weighted by Crippen LogP contribution is 2.15. The van der Waals surface area contributed by atoms with E-state index in [4.69, 9.17) is 4.74 Å². The molecule has 0 spiro atoms. The van der Waals surface area contributed by atoms with Gasteiger partial charge >= 0.3 is 0 Å². The van der Waals surface area contributed by atoms with Crippen LogP contribution in [0.4, 0.5) is 4.39 Å². The molecule has 0 aromatic heterocycles. The third-order valence-electron chi connectivity index (χ3n) is 3.09. The monoisotopic (exact) mass is 301 g/mol. The van der Waals surface area contributed by atoms with Crippen molar-refractivity contribution in [3.63, 3.8) is 0 Å². The van der Waals surface area contributed by atoms with Crippen LogP contribution in [-0.2, 0) is 11.3 Å². The molecule has 1 unspecified atom stereocenters. The van der Waals surface area contributed by atoms with Crippen LogP contribution >= 0.6 is 15.9 Å². The van der Waals surface area contributed by atoms with Crippen LogP contribution in [0.3, 0.4) is 0 Å². The van der Waals surface area contributed by atoms with Crippen molar-refractivity contribution in [1.29, 1.82) is 0 Å². The number of aryl methyl sites for hydroxylation is 1. The van der Waals surface area contributed by atoms with Crippen LogP contribution in [0.5, 0.6) is 0 Å². The summed E-state index contributed by atoms with van der Waals surface area (Å²) in [5.41, 5.74) is 2.22. The Morgan fingerprint density at radius 3 is 3.06 bits per heavy atom. The second kappa shape index (κ2) is 5.94. The van der Waals surface area contributed by atoms with Crippen LogP contribution < -0.4 is 0 Å². The highest BCUT2D eigenvalue weighted by atomic mass is 79.9. The Balaban J connectivity index is 2.00. The Kier molecular flexibility index (Phi) is 4.54. The van der Waals surface area contributed by atoms with Gasteiger partial charge in [-0.1, -0.05) is 22.0 Å². The van der Waals surface area contributed by atoms with Crippen molar-refractivity contribution in [3.05, 3.63) is 35.1 Å². The molecule has 1 aromatic rings. The number of nitrogens with zero attached hydrogens (tertiary/aromatic N) is 1. The van der Waals surface area contributed by atoms with Crippen molar-refractivity contribution < 1.29 is 9.13 Å². The number of ether oxygens (including phenoxy) is 1. The molecule has 1 atom stereocenters.